The van der Waals surface area contributed by atoms with E-state index in [1.165, 1.54) is 5.69 Å². The first-order valence-corrected chi connectivity index (χ1v) is 9.33. The number of carbonyl (C=O) groups excluding carboxylic acids is 1. The van der Waals surface area contributed by atoms with Crippen LogP contribution < -0.4 is 10.2 Å². The largest absolute Gasteiger partial charge is 0.378 e. The number of hydrogen-bond donors (Lipinski definition) is 1. The number of nitrogens with one attached hydrogen (secondary N) is 1. The normalized spacial score (nSPS) is 15.7. The number of amides is 1. The Bertz CT molecular complexity index is 740. The summed E-state index contributed by atoms with van der Waals surface area (Å²) in [7, 11) is 0. The fraction of sp³-hybridized carbons (Fsp3) is 0.350. The predicted molar refractivity (Wildman–Crippen MR) is 104 cm³/mol. The van der Waals surface area contributed by atoms with Crippen molar-refractivity contribution in [1.29, 1.82) is 0 Å². The Morgan fingerprint density at radius 1 is 1.16 bits per heavy atom. The average Bonchev–Trinajstić information content (AvgIpc) is 2.62. The molecule has 4 nitrogen and oxygen atoms in total. The standard InChI is InChI=1S/C20H23BrN2O2/c1-14-13-17(21)5-8-19(14)20(24)22-15(2)16-3-6-18(7-4-16)23-9-11-25-12-10-23/h3-8,13,15H,9-12H2,1-2H3,(H,22,24). The smallest absolute Gasteiger partial charge is 0.252 e. The Morgan fingerprint density at radius 2 is 1.84 bits per heavy atom. The number of morpholine rings is 1. The second-order valence-electron chi connectivity index (χ2n) is 6.35. The molecule has 132 valence electrons. The third-order valence-corrected chi connectivity index (χ3v) is 5.04. The van der Waals surface area contributed by atoms with E-state index in [9.17, 15) is 4.79 Å². The molecule has 0 aromatic heterocycles. The molecule has 0 bridgehead atoms. The lowest BCUT2D eigenvalue weighted by Crippen LogP contribution is -2.36. The van der Waals surface area contributed by atoms with Gasteiger partial charge in [-0.3, -0.25) is 4.79 Å². The highest BCUT2D eigenvalue weighted by Crippen LogP contribution is 2.21. The van der Waals surface area contributed by atoms with Gasteiger partial charge in [-0.25, -0.2) is 0 Å². The molecule has 1 heterocycles. The van der Waals surface area contributed by atoms with Gasteiger partial charge in [0.25, 0.3) is 5.91 Å². The van der Waals surface area contributed by atoms with E-state index in [1.807, 2.05) is 32.0 Å². The molecule has 1 atom stereocenters. The maximum atomic E-state index is 12.5. The molecule has 1 aliphatic heterocycles. The lowest BCUT2D eigenvalue weighted by atomic mass is 10.1. The molecule has 1 saturated heterocycles. The molecule has 0 saturated carbocycles. The molecule has 1 amide bonds. The Morgan fingerprint density at radius 3 is 2.48 bits per heavy atom. The molecule has 5 heteroatoms. The molecular weight excluding hydrogens is 380 g/mol. The number of hydrogen-bond acceptors (Lipinski definition) is 3. The van der Waals surface area contributed by atoms with Crippen molar-refractivity contribution in [2.24, 2.45) is 0 Å². The van der Waals surface area contributed by atoms with Gasteiger partial charge in [0.15, 0.2) is 0 Å². The number of halogens is 1. The molecule has 3 rings (SSSR count). The predicted octanol–water partition coefficient (Wildman–Crippen LogP) is 4.09. The van der Waals surface area contributed by atoms with Crippen molar-refractivity contribution in [3.8, 4) is 0 Å². The van der Waals surface area contributed by atoms with Crippen LogP contribution in [0.3, 0.4) is 0 Å². The number of anilines is 1. The quantitative estimate of drug-likeness (QED) is 0.837. The molecule has 2 aromatic carbocycles. The van der Waals surface area contributed by atoms with E-state index >= 15 is 0 Å². The van der Waals surface area contributed by atoms with Crippen LogP contribution in [0.1, 0.15) is 34.5 Å². The topological polar surface area (TPSA) is 41.6 Å². The highest BCUT2D eigenvalue weighted by Gasteiger charge is 2.15. The number of ether oxygens (including phenoxy) is 1. The Hall–Kier alpha value is -1.85. The van der Waals surface area contributed by atoms with Gasteiger partial charge in [0.05, 0.1) is 19.3 Å². The zero-order valence-corrected chi connectivity index (χ0v) is 16.2. The monoisotopic (exact) mass is 402 g/mol. The van der Waals surface area contributed by atoms with Crippen LogP contribution in [0.15, 0.2) is 46.9 Å². The van der Waals surface area contributed by atoms with E-state index in [2.05, 4.69) is 50.4 Å². The van der Waals surface area contributed by atoms with Crippen molar-refractivity contribution in [2.75, 3.05) is 31.2 Å². The molecule has 2 aromatic rings. The van der Waals surface area contributed by atoms with Crippen molar-refractivity contribution < 1.29 is 9.53 Å². The maximum absolute atomic E-state index is 12.5. The SMILES string of the molecule is Cc1cc(Br)ccc1C(=O)NC(C)c1ccc(N2CCOCC2)cc1. The highest BCUT2D eigenvalue weighted by atomic mass is 79.9. The third-order valence-electron chi connectivity index (χ3n) is 4.55. The van der Waals surface area contributed by atoms with Gasteiger partial charge in [0.2, 0.25) is 0 Å². The van der Waals surface area contributed by atoms with E-state index in [0.29, 0.717) is 5.56 Å². The summed E-state index contributed by atoms with van der Waals surface area (Å²) < 4.78 is 6.37. The zero-order chi connectivity index (χ0) is 17.8. The lowest BCUT2D eigenvalue weighted by Gasteiger charge is -2.29. The number of rotatable bonds is 4. The second kappa shape index (κ2) is 8.02. The van der Waals surface area contributed by atoms with E-state index in [-0.39, 0.29) is 11.9 Å². The van der Waals surface area contributed by atoms with Gasteiger partial charge < -0.3 is 15.0 Å². The first kappa shape index (κ1) is 18.0. The lowest BCUT2D eigenvalue weighted by molar-refractivity contribution is 0.0939. The Kier molecular flexibility index (Phi) is 5.76. The van der Waals surface area contributed by atoms with Crippen LogP contribution in [0.25, 0.3) is 0 Å². The van der Waals surface area contributed by atoms with Crippen LogP contribution in [0.2, 0.25) is 0 Å². The number of nitrogens with zero attached hydrogens (tertiary/aromatic N) is 1. The van der Waals surface area contributed by atoms with Crippen molar-refractivity contribution >= 4 is 27.5 Å². The molecule has 1 unspecified atom stereocenters. The van der Waals surface area contributed by atoms with Gasteiger partial charge in [-0.1, -0.05) is 28.1 Å². The van der Waals surface area contributed by atoms with Crippen LogP contribution >= 0.6 is 15.9 Å². The van der Waals surface area contributed by atoms with Crippen LogP contribution in [0.5, 0.6) is 0 Å². The first-order chi connectivity index (χ1) is 12.0. The van der Waals surface area contributed by atoms with Gasteiger partial charge >= 0.3 is 0 Å². The van der Waals surface area contributed by atoms with Crippen molar-refractivity contribution in [3.05, 3.63) is 63.6 Å². The van der Waals surface area contributed by atoms with Gasteiger partial charge in [0, 0.05) is 28.8 Å². The Balaban J connectivity index is 1.66. The van der Waals surface area contributed by atoms with E-state index < -0.39 is 0 Å². The van der Waals surface area contributed by atoms with Crippen LogP contribution in [-0.2, 0) is 4.74 Å². The molecule has 0 spiro atoms. The summed E-state index contributed by atoms with van der Waals surface area (Å²) in [5, 5.41) is 3.08. The van der Waals surface area contributed by atoms with E-state index in [4.69, 9.17) is 4.74 Å². The third kappa shape index (κ3) is 4.41. The minimum absolute atomic E-state index is 0.0465. The summed E-state index contributed by atoms with van der Waals surface area (Å²) in [6.07, 6.45) is 0. The van der Waals surface area contributed by atoms with Crippen LogP contribution in [0, 0.1) is 6.92 Å². The van der Waals surface area contributed by atoms with Gasteiger partial charge in [-0.2, -0.15) is 0 Å². The minimum atomic E-state index is -0.0470. The van der Waals surface area contributed by atoms with E-state index in [0.717, 1.165) is 41.9 Å². The Labute approximate surface area is 157 Å². The van der Waals surface area contributed by atoms with Crippen molar-refractivity contribution in [2.45, 2.75) is 19.9 Å². The van der Waals surface area contributed by atoms with Crippen molar-refractivity contribution in [1.82, 2.24) is 5.32 Å². The summed E-state index contributed by atoms with van der Waals surface area (Å²) in [6, 6.07) is 14.1. The molecule has 1 aliphatic rings. The second-order valence-corrected chi connectivity index (χ2v) is 7.26. The zero-order valence-electron chi connectivity index (χ0n) is 14.6. The summed E-state index contributed by atoms with van der Waals surface area (Å²) in [4.78, 5) is 14.8. The summed E-state index contributed by atoms with van der Waals surface area (Å²) in [6.45, 7) is 7.36. The summed E-state index contributed by atoms with van der Waals surface area (Å²) >= 11 is 3.43. The summed E-state index contributed by atoms with van der Waals surface area (Å²) in [5.74, 6) is -0.0465. The fourth-order valence-electron chi connectivity index (χ4n) is 3.03. The first-order valence-electron chi connectivity index (χ1n) is 8.54. The molecule has 0 aliphatic carbocycles. The average molecular weight is 403 g/mol. The van der Waals surface area contributed by atoms with E-state index in [1.54, 1.807) is 0 Å². The molecule has 1 N–H and O–H groups in total. The fourth-order valence-corrected chi connectivity index (χ4v) is 3.51. The maximum Gasteiger partial charge on any atom is 0.252 e. The number of benzene rings is 2. The molecule has 1 fully saturated rings. The van der Waals surface area contributed by atoms with Crippen molar-refractivity contribution in [3.63, 3.8) is 0 Å². The molecule has 0 radical (unpaired) electrons. The van der Waals surface area contributed by atoms with Gasteiger partial charge in [0.1, 0.15) is 0 Å². The minimum Gasteiger partial charge on any atom is -0.378 e. The van der Waals surface area contributed by atoms with Crippen LogP contribution in [0.4, 0.5) is 5.69 Å². The van der Waals surface area contributed by atoms with Gasteiger partial charge in [-0.15, -0.1) is 0 Å². The molecular formula is C20H23BrN2O2. The van der Waals surface area contributed by atoms with Gasteiger partial charge in [-0.05, 0) is 55.3 Å². The number of carbonyl (C=O) groups is 1. The number of aryl methyl sites for hydroxylation is 1. The van der Waals surface area contributed by atoms with Crippen LogP contribution in [-0.4, -0.2) is 32.2 Å². The highest BCUT2D eigenvalue weighted by molar-refractivity contribution is 9.10. The summed E-state index contributed by atoms with van der Waals surface area (Å²) in [5.41, 5.74) is 3.97. The molecule has 25 heavy (non-hydrogen) atoms.